The molecular formula is C16H21N3O3. The smallest absolute Gasteiger partial charge is 0.154 e. The second-order valence-corrected chi connectivity index (χ2v) is 5.77. The summed E-state index contributed by atoms with van der Waals surface area (Å²) in [6.45, 7) is 0.804. The van der Waals surface area contributed by atoms with Gasteiger partial charge in [0.25, 0.3) is 0 Å². The maximum Gasteiger partial charge on any atom is 0.154 e. The van der Waals surface area contributed by atoms with Gasteiger partial charge in [0.15, 0.2) is 5.78 Å². The van der Waals surface area contributed by atoms with Crippen LogP contribution >= 0.6 is 0 Å². The fraction of sp³-hybridized carbons (Fsp3) is 0.500. The van der Waals surface area contributed by atoms with Crippen molar-refractivity contribution in [2.75, 3.05) is 6.54 Å². The highest BCUT2D eigenvalue weighted by molar-refractivity contribution is 5.82. The van der Waals surface area contributed by atoms with Gasteiger partial charge in [-0.1, -0.05) is 12.1 Å². The first-order chi connectivity index (χ1) is 10.7. The molecule has 1 aliphatic rings. The maximum absolute atomic E-state index is 12.4. The molecule has 1 fully saturated rings. The van der Waals surface area contributed by atoms with Crippen molar-refractivity contribution in [3.63, 3.8) is 0 Å². The van der Waals surface area contributed by atoms with Crippen molar-refractivity contribution in [1.29, 1.82) is 0 Å². The van der Waals surface area contributed by atoms with Gasteiger partial charge in [-0.15, -0.1) is 0 Å². The normalized spacial score (nSPS) is 22.1. The molecule has 22 heavy (non-hydrogen) atoms. The first kappa shape index (κ1) is 15.1. The third-order valence-corrected chi connectivity index (χ3v) is 4.20. The Balaban J connectivity index is 1.76. The van der Waals surface area contributed by atoms with Gasteiger partial charge in [0.05, 0.1) is 23.7 Å². The topological polar surface area (TPSA) is 87.4 Å². The molecule has 0 spiro atoms. The predicted octanol–water partition coefficient (Wildman–Crippen LogP) is 0.601. The van der Waals surface area contributed by atoms with E-state index in [1.165, 1.54) is 0 Å². The Kier molecular flexibility index (Phi) is 4.52. The number of benzene rings is 1. The number of fused-ring (bicyclic) bond motifs is 1. The molecule has 2 aromatic rings. The molecule has 6 heteroatoms. The Labute approximate surface area is 128 Å². The summed E-state index contributed by atoms with van der Waals surface area (Å²) in [7, 11) is 0. The number of aliphatic hydroxyl groups is 2. The Morgan fingerprint density at radius 1 is 1.41 bits per heavy atom. The number of carbonyl (C=O) groups excluding carboxylic acids is 1. The first-order valence-electron chi connectivity index (χ1n) is 7.67. The minimum Gasteiger partial charge on any atom is -0.391 e. The summed E-state index contributed by atoms with van der Waals surface area (Å²) < 4.78 is 1.76. The Morgan fingerprint density at radius 2 is 2.23 bits per heavy atom. The largest absolute Gasteiger partial charge is 0.391 e. The highest BCUT2D eigenvalue weighted by Gasteiger charge is 2.25. The molecule has 3 N–H and O–H groups in total. The van der Waals surface area contributed by atoms with E-state index in [1.54, 1.807) is 4.57 Å². The summed E-state index contributed by atoms with van der Waals surface area (Å²) >= 11 is 0. The molecule has 1 aliphatic heterocycles. The van der Waals surface area contributed by atoms with E-state index < -0.39 is 6.10 Å². The van der Waals surface area contributed by atoms with Crippen LogP contribution in [0, 0.1) is 0 Å². The third-order valence-electron chi connectivity index (χ3n) is 4.20. The van der Waals surface area contributed by atoms with Crippen LogP contribution in [-0.2, 0) is 17.9 Å². The van der Waals surface area contributed by atoms with Crippen LogP contribution < -0.4 is 5.32 Å². The number of imidazole rings is 1. The summed E-state index contributed by atoms with van der Waals surface area (Å²) in [5, 5.41) is 22.6. The van der Waals surface area contributed by atoms with Crippen LogP contribution in [0.1, 0.15) is 25.1 Å². The molecule has 0 radical (unpaired) electrons. The second kappa shape index (κ2) is 6.56. The minimum atomic E-state index is -0.463. The molecule has 3 rings (SSSR count). The van der Waals surface area contributed by atoms with Gasteiger partial charge in [0.2, 0.25) is 0 Å². The van der Waals surface area contributed by atoms with Crippen molar-refractivity contribution < 1.29 is 15.0 Å². The average Bonchev–Trinajstić information content (AvgIpc) is 2.87. The zero-order chi connectivity index (χ0) is 15.5. The van der Waals surface area contributed by atoms with Crippen molar-refractivity contribution in [2.24, 2.45) is 0 Å². The SMILES string of the molecule is O=C(C[C@H]1NCCC[C@@H]1O)Cn1c(CO)nc2ccccc21. The third kappa shape index (κ3) is 3.04. The molecule has 2 atom stereocenters. The van der Waals surface area contributed by atoms with Crippen LogP contribution in [0.3, 0.4) is 0 Å². The van der Waals surface area contributed by atoms with Gasteiger partial charge >= 0.3 is 0 Å². The first-order valence-corrected chi connectivity index (χ1v) is 7.67. The van der Waals surface area contributed by atoms with Crippen LogP contribution in [0.2, 0.25) is 0 Å². The summed E-state index contributed by atoms with van der Waals surface area (Å²) in [5.74, 6) is 0.517. The van der Waals surface area contributed by atoms with Gasteiger partial charge in [-0.05, 0) is 31.5 Å². The molecule has 0 unspecified atom stereocenters. The van der Waals surface area contributed by atoms with Gasteiger partial charge < -0.3 is 20.1 Å². The molecule has 118 valence electrons. The van der Waals surface area contributed by atoms with Crippen LogP contribution in [-0.4, -0.2) is 44.2 Å². The van der Waals surface area contributed by atoms with E-state index in [4.69, 9.17) is 0 Å². The lowest BCUT2D eigenvalue weighted by atomic mass is 9.97. The Hall–Kier alpha value is -1.76. The number of ketones is 1. The van der Waals surface area contributed by atoms with Crippen LogP contribution in [0.15, 0.2) is 24.3 Å². The molecule has 0 aliphatic carbocycles. The summed E-state index contributed by atoms with van der Waals surface area (Å²) in [4.78, 5) is 16.7. The number of hydrogen-bond donors (Lipinski definition) is 3. The highest BCUT2D eigenvalue weighted by Crippen LogP contribution is 2.17. The predicted molar refractivity (Wildman–Crippen MR) is 82.3 cm³/mol. The minimum absolute atomic E-state index is 0.0244. The lowest BCUT2D eigenvalue weighted by Gasteiger charge is -2.28. The Bertz CT molecular complexity index is 668. The van der Waals surface area contributed by atoms with Crippen molar-refractivity contribution in [3.8, 4) is 0 Å². The lowest BCUT2D eigenvalue weighted by Crippen LogP contribution is -2.46. The van der Waals surface area contributed by atoms with E-state index in [1.807, 2.05) is 24.3 Å². The van der Waals surface area contributed by atoms with Gasteiger partial charge in [-0.2, -0.15) is 0 Å². The van der Waals surface area contributed by atoms with Crippen molar-refractivity contribution in [3.05, 3.63) is 30.1 Å². The number of nitrogens with one attached hydrogen (secondary N) is 1. The molecule has 0 amide bonds. The number of rotatable bonds is 5. The number of aromatic nitrogens is 2. The Morgan fingerprint density at radius 3 is 3.00 bits per heavy atom. The maximum atomic E-state index is 12.4. The highest BCUT2D eigenvalue weighted by atomic mass is 16.3. The molecule has 0 bridgehead atoms. The fourth-order valence-electron chi connectivity index (χ4n) is 3.05. The van der Waals surface area contributed by atoms with E-state index in [2.05, 4.69) is 10.3 Å². The van der Waals surface area contributed by atoms with Gasteiger partial charge in [0, 0.05) is 12.5 Å². The molecule has 0 saturated carbocycles. The van der Waals surface area contributed by atoms with Crippen molar-refractivity contribution in [2.45, 2.75) is 44.6 Å². The van der Waals surface area contributed by atoms with Gasteiger partial charge in [-0.25, -0.2) is 4.98 Å². The monoisotopic (exact) mass is 303 g/mol. The molecule has 6 nitrogen and oxygen atoms in total. The van der Waals surface area contributed by atoms with E-state index in [-0.39, 0.29) is 25.0 Å². The standard InChI is InChI=1S/C16H21N3O3/c20-10-16-18-12-4-1-2-5-14(12)19(16)9-11(21)8-13-15(22)6-3-7-17-13/h1-2,4-5,13,15,17,20,22H,3,6-10H2/t13-,15+/m1/s1. The molecule has 1 saturated heterocycles. The summed E-state index contributed by atoms with van der Waals surface area (Å²) in [6.07, 6.45) is 1.50. The van der Waals surface area contributed by atoms with Gasteiger partial charge in [0.1, 0.15) is 12.4 Å². The number of nitrogens with zero attached hydrogens (tertiary/aromatic N) is 2. The molecule has 1 aromatic carbocycles. The quantitative estimate of drug-likeness (QED) is 0.753. The number of hydrogen-bond acceptors (Lipinski definition) is 5. The van der Waals surface area contributed by atoms with E-state index in [9.17, 15) is 15.0 Å². The van der Waals surface area contributed by atoms with E-state index in [0.717, 1.165) is 30.4 Å². The number of aliphatic hydroxyl groups excluding tert-OH is 2. The van der Waals surface area contributed by atoms with E-state index >= 15 is 0 Å². The molecule has 2 heterocycles. The van der Waals surface area contributed by atoms with Crippen molar-refractivity contribution in [1.82, 2.24) is 14.9 Å². The van der Waals surface area contributed by atoms with Crippen molar-refractivity contribution >= 4 is 16.8 Å². The number of carbonyl (C=O) groups is 1. The summed E-state index contributed by atoms with van der Waals surface area (Å²) in [5.41, 5.74) is 1.62. The fourth-order valence-corrected chi connectivity index (χ4v) is 3.05. The van der Waals surface area contributed by atoms with Crippen LogP contribution in [0.5, 0.6) is 0 Å². The lowest BCUT2D eigenvalue weighted by molar-refractivity contribution is -0.121. The van der Waals surface area contributed by atoms with E-state index in [0.29, 0.717) is 12.2 Å². The zero-order valence-corrected chi connectivity index (χ0v) is 12.4. The number of piperidine rings is 1. The van der Waals surface area contributed by atoms with Gasteiger partial charge in [-0.3, -0.25) is 4.79 Å². The number of para-hydroxylation sites is 2. The number of Topliss-reactive ketones (excluding diaryl/α,β-unsaturated/α-hetero) is 1. The molecular weight excluding hydrogens is 282 g/mol. The van der Waals surface area contributed by atoms with Crippen LogP contribution in [0.4, 0.5) is 0 Å². The zero-order valence-electron chi connectivity index (χ0n) is 12.4. The average molecular weight is 303 g/mol. The summed E-state index contributed by atoms with van der Waals surface area (Å²) in [6, 6.07) is 7.35. The van der Waals surface area contributed by atoms with Crippen LogP contribution in [0.25, 0.3) is 11.0 Å². The second-order valence-electron chi connectivity index (χ2n) is 5.77. The molecule has 1 aromatic heterocycles.